The molecule has 3 heterocycles. The number of rotatable bonds is 4. The minimum absolute atomic E-state index is 0. The van der Waals surface area contributed by atoms with E-state index in [4.69, 9.17) is 0 Å². The van der Waals surface area contributed by atoms with Gasteiger partial charge in [-0.2, -0.15) is 5.10 Å². The zero-order chi connectivity index (χ0) is 17.3. The number of hydrogen-bond donors (Lipinski definition) is 2. The van der Waals surface area contributed by atoms with Crippen LogP contribution in [0.25, 0.3) is 10.6 Å². The predicted octanol–water partition coefficient (Wildman–Crippen LogP) is 4.18. The Balaban J connectivity index is 0.00000196. The number of benzene rings is 1. The number of aromatic amines is 1. The number of aliphatic hydroxyl groups is 1. The maximum absolute atomic E-state index is 13.1. The lowest BCUT2D eigenvalue weighted by molar-refractivity contribution is -0.0277. The Labute approximate surface area is 162 Å². The van der Waals surface area contributed by atoms with Crippen LogP contribution < -0.4 is 0 Å². The topological polar surface area (TPSA) is 52.1 Å². The van der Waals surface area contributed by atoms with Crippen LogP contribution in [-0.2, 0) is 12.1 Å². The quantitative estimate of drug-likeness (QED) is 0.699. The Morgan fingerprint density at radius 3 is 2.58 bits per heavy atom. The molecule has 7 heteroatoms. The highest BCUT2D eigenvalue weighted by Crippen LogP contribution is 2.34. The molecular weight excluding hydrogens is 373 g/mol. The Morgan fingerprint density at radius 1 is 1.19 bits per heavy atom. The third kappa shape index (κ3) is 3.83. The van der Waals surface area contributed by atoms with Crippen LogP contribution in [0.1, 0.15) is 24.0 Å². The number of aromatic nitrogens is 2. The fraction of sp³-hybridized carbons (Fsp3) is 0.316. The molecule has 1 aromatic carbocycles. The number of piperidine rings is 1. The summed E-state index contributed by atoms with van der Waals surface area (Å²) in [4.78, 5) is 3.52. The van der Waals surface area contributed by atoms with E-state index in [-0.39, 0.29) is 18.2 Å². The lowest BCUT2D eigenvalue weighted by Gasteiger charge is -2.38. The second-order valence-corrected chi connectivity index (χ2v) is 7.51. The van der Waals surface area contributed by atoms with Gasteiger partial charge in [0, 0.05) is 25.2 Å². The van der Waals surface area contributed by atoms with Gasteiger partial charge in [-0.1, -0.05) is 18.2 Å². The first-order chi connectivity index (χ1) is 12.1. The highest BCUT2D eigenvalue weighted by atomic mass is 35.5. The monoisotopic (exact) mass is 393 g/mol. The van der Waals surface area contributed by atoms with Crippen LogP contribution in [0, 0.1) is 5.82 Å². The number of H-pyrrole nitrogens is 1. The number of hydrogen-bond acceptors (Lipinski definition) is 4. The minimum Gasteiger partial charge on any atom is -0.385 e. The van der Waals surface area contributed by atoms with E-state index in [9.17, 15) is 9.50 Å². The summed E-state index contributed by atoms with van der Waals surface area (Å²) in [5.41, 5.74) is 2.19. The number of nitrogens with zero attached hydrogens (tertiary/aromatic N) is 2. The van der Waals surface area contributed by atoms with Gasteiger partial charge in [0.2, 0.25) is 0 Å². The molecule has 1 fully saturated rings. The predicted molar refractivity (Wildman–Crippen MR) is 104 cm³/mol. The van der Waals surface area contributed by atoms with Crippen molar-refractivity contribution in [2.45, 2.75) is 25.0 Å². The van der Waals surface area contributed by atoms with Gasteiger partial charge in [0.15, 0.2) is 0 Å². The number of halogens is 2. The van der Waals surface area contributed by atoms with E-state index < -0.39 is 5.60 Å². The molecule has 1 aliphatic heterocycles. The number of nitrogens with one attached hydrogen (secondary N) is 1. The van der Waals surface area contributed by atoms with Crippen molar-refractivity contribution in [3.63, 3.8) is 0 Å². The van der Waals surface area contributed by atoms with Gasteiger partial charge < -0.3 is 5.11 Å². The molecule has 0 spiro atoms. The van der Waals surface area contributed by atoms with E-state index >= 15 is 0 Å². The van der Waals surface area contributed by atoms with Crippen LogP contribution >= 0.6 is 23.7 Å². The maximum Gasteiger partial charge on any atom is 0.123 e. The Kier molecular flexibility index (Phi) is 5.77. The second kappa shape index (κ2) is 7.88. The average molecular weight is 394 g/mol. The molecule has 1 aliphatic rings. The van der Waals surface area contributed by atoms with Crippen LogP contribution in [0.3, 0.4) is 0 Å². The molecule has 4 nitrogen and oxygen atoms in total. The van der Waals surface area contributed by atoms with Crippen LogP contribution in [0.5, 0.6) is 0 Å². The van der Waals surface area contributed by atoms with Crippen LogP contribution in [0.2, 0.25) is 0 Å². The molecule has 0 atom stereocenters. The summed E-state index contributed by atoms with van der Waals surface area (Å²) >= 11 is 1.69. The van der Waals surface area contributed by atoms with Crippen molar-refractivity contribution in [3.8, 4) is 10.6 Å². The van der Waals surface area contributed by atoms with Crippen molar-refractivity contribution in [3.05, 3.63) is 64.9 Å². The minimum atomic E-state index is -0.864. The normalized spacial score (nSPS) is 17.0. The molecule has 1 saturated heterocycles. The molecule has 0 radical (unpaired) electrons. The van der Waals surface area contributed by atoms with Crippen LogP contribution in [-0.4, -0.2) is 33.3 Å². The van der Waals surface area contributed by atoms with Gasteiger partial charge in [-0.15, -0.1) is 23.7 Å². The molecule has 138 valence electrons. The van der Waals surface area contributed by atoms with E-state index in [2.05, 4.69) is 26.5 Å². The van der Waals surface area contributed by atoms with E-state index in [1.54, 1.807) is 23.5 Å². The van der Waals surface area contributed by atoms with Crippen molar-refractivity contribution in [2.24, 2.45) is 0 Å². The molecule has 4 rings (SSSR count). The first-order valence-corrected chi connectivity index (χ1v) is 9.29. The molecule has 26 heavy (non-hydrogen) atoms. The summed E-state index contributed by atoms with van der Waals surface area (Å²) in [7, 11) is 0. The molecule has 0 amide bonds. The van der Waals surface area contributed by atoms with Crippen molar-refractivity contribution >= 4 is 23.7 Å². The molecule has 0 bridgehead atoms. The molecule has 0 saturated carbocycles. The highest BCUT2D eigenvalue weighted by molar-refractivity contribution is 7.13. The maximum atomic E-state index is 13.1. The molecular formula is C19H21ClFN3OS. The standard InChI is InChI=1S/C19H20FN3OS.ClH/c20-16-5-3-15(4-6-16)19(24)7-9-23(10-8-19)13-14-12-21-22-18(14)17-2-1-11-25-17;/h1-6,11-12,24H,7-10,13H2,(H,21,22);1H. The fourth-order valence-corrected chi connectivity index (χ4v) is 4.19. The molecule has 2 aromatic heterocycles. The van der Waals surface area contributed by atoms with E-state index in [0.29, 0.717) is 12.8 Å². The lowest BCUT2D eigenvalue weighted by Crippen LogP contribution is -2.42. The van der Waals surface area contributed by atoms with Crippen molar-refractivity contribution in [1.82, 2.24) is 15.1 Å². The first kappa shape index (κ1) is 19.0. The molecule has 0 aliphatic carbocycles. The van der Waals surface area contributed by atoms with Gasteiger partial charge in [-0.05, 0) is 42.0 Å². The summed E-state index contributed by atoms with van der Waals surface area (Å²) in [6.45, 7) is 2.40. The molecule has 3 aromatic rings. The summed E-state index contributed by atoms with van der Waals surface area (Å²) in [6.07, 6.45) is 3.17. The second-order valence-electron chi connectivity index (χ2n) is 6.56. The van der Waals surface area contributed by atoms with Gasteiger partial charge in [0.05, 0.1) is 22.4 Å². The zero-order valence-electron chi connectivity index (χ0n) is 14.2. The van der Waals surface area contributed by atoms with Gasteiger partial charge in [-0.3, -0.25) is 10.00 Å². The lowest BCUT2D eigenvalue weighted by atomic mass is 9.84. The highest BCUT2D eigenvalue weighted by Gasteiger charge is 2.34. The Bertz CT molecular complexity index is 827. The summed E-state index contributed by atoms with van der Waals surface area (Å²) in [5.74, 6) is -0.272. The summed E-state index contributed by atoms with van der Waals surface area (Å²) in [6, 6.07) is 10.3. The SMILES string of the molecule is Cl.OC1(c2ccc(F)cc2)CCN(Cc2cn[nH]c2-c2cccs2)CC1. The molecule has 2 N–H and O–H groups in total. The van der Waals surface area contributed by atoms with Crippen LogP contribution in [0.4, 0.5) is 4.39 Å². The zero-order valence-corrected chi connectivity index (χ0v) is 15.8. The van der Waals surface area contributed by atoms with E-state index in [1.165, 1.54) is 22.6 Å². The summed E-state index contributed by atoms with van der Waals surface area (Å²) in [5, 5.41) is 20.3. The Morgan fingerprint density at radius 2 is 1.92 bits per heavy atom. The molecule has 0 unspecified atom stereocenters. The van der Waals surface area contributed by atoms with Gasteiger partial charge in [-0.25, -0.2) is 4.39 Å². The van der Waals surface area contributed by atoms with E-state index in [1.807, 2.05) is 12.3 Å². The smallest absolute Gasteiger partial charge is 0.123 e. The largest absolute Gasteiger partial charge is 0.385 e. The third-order valence-corrected chi connectivity index (χ3v) is 5.83. The summed E-state index contributed by atoms with van der Waals surface area (Å²) < 4.78 is 13.1. The number of thiophene rings is 1. The van der Waals surface area contributed by atoms with Crippen molar-refractivity contribution in [2.75, 3.05) is 13.1 Å². The number of likely N-dealkylation sites (tertiary alicyclic amines) is 1. The first-order valence-electron chi connectivity index (χ1n) is 8.41. The average Bonchev–Trinajstić information content (AvgIpc) is 3.29. The van der Waals surface area contributed by atoms with Gasteiger partial charge in [0.1, 0.15) is 5.82 Å². The van der Waals surface area contributed by atoms with Gasteiger partial charge in [0.25, 0.3) is 0 Å². The third-order valence-electron chi connectivity index (χ3n) is 4.94. The van der Waals surface area contributed by atoms with Crippen LogP contribution in [0.15, 0.2) is 48.0 Å². The van der Waals surface area contributed by atoms with E-state index in [0.717, 1.165) is 30.9 Å². The van der Waals surface area contributed by atoms with Crippen molar-refractivity contribution < 1.29 is 9.50 Å². The van der Waals surface area contributed by atoms with Crippen molar-refractivity contribution in [1.29, 1.82) is 0 Å². The fourth-order valence-electron chi connectivity index (χ4n) is 3.44. The van der Waals surface area contributed by atoms with Gasteiger partial charge >= 0.3 is 0 Å². The Hall–Kier alpha value is -1.73.